The molecule has 0 aliphatic rings. The van der Waals surface area contributed by atoms with Crippen LogP contribution in [0.2, 0.25) is 0 Å². The predicted octanol–water partition coefficient (Wildman–Crippen LogP) is 3.88. The first-order valence-electron chi connectivity index (χ1n) is 5.94. The second-order valence-corrected chi connectivity index (χ2v) is 4.47. The highest BCUT2D eigenvalue weighted by Gasteiger charge is 2.15. The van der Waals surface area contributed by atoms with Crippen molar-refractivity contribution < 1.29 is 9.66 Å². The van der Waals surface area contributed by atoms with Gasteiger partial charge in [0.25, 0.3) is 5.69 Å². The van der Waals surface area contributed by atoms with Gasteiger partial charge in [-0.3, -0.25) is 10.1 Å². The van der Waals surface area contributed by atoms with Crippen molar-refractivity contribution in [1.29, 1.82) is 5.26 Å². The molecular formula is C15H12N2O3. The van der Waals surface area contributed by atoms with Crippen LogP contribution < -0.4 is 4.74 Å². The van der Waals surface area contributed by atoms with Gasteiger partial charge in [0.05, 0.1) is 11.0 Å². The molecule has 0 amide bonds. The summed E-state index contributed by atoms with van der Waals surface area (Å²) < 4.78 is 5.62. The van der Waals surface area contributed by atoms with E-state index in [1.807, 2.05) is 32.0 Å². The summed E-state index contributed by atoms with van der Waals surface area (Å²) in [5.41, 5.74) is 1.85. The van der Waals surface area contributed by atoms with Crippen molar-refractivity contribution in [2.24, 2.45) is 0 Å². The average Bonchev–Trinajstić information content (AvgIpc) is 2.37. The third-order valence-electron chi connectivity index (χ3n) is 2.72. The maximum Gasteiger partial charge on any atom is 0.290 e. The second kappa shape index (κ2) is 5.41. The lowest BCUT2D eigenvalue weighted by atomic mass is 10.1. The van der Waals surface area contributed by atoms with E-state index in [0.717, 1.165) is 11.1 Å². The number of nitro groups is 1. The quantitative estimate of drug-likeness (QED) is 0.625. The second-order valence-electron chi connectivity index (χ2n) is 4.47. The monoisotopic (exact) mass is 268 g/mol. The third kappa shape index (κ3) is 2.93. The van der Waals surface area contributed by atoms with Crippen LogP contribution in [-0.2, 0) is 0 Å². The highest BCUT2D eigenvalue weighted by atomic mass is 16.6. The Kier molecular flexibility index (Phi) is 3.67. The van der Waals surface area contributed by atoms with Crippen molar-refractivity contribution in [2.75, 3.05) is 0 Å². The van der Waals surface area contributed by atoms with Gasteiger partial charge < -0.3 is 4.74 Å². The maximum absolute atomic E-state index is 10.9. The van der Waals surface area contributed by atoms with Crippen LogP contribution in [0.4, 0.5) is 5.69 Å². The molecule has 0 fully saturated rings. The summed E-state index contributed by atoms with van der Waals surface area (Å²) in [7, 11) is 0. The molecule has 2 rings (SSSR count). The molecule has 0 unspecified atom stereocenters. The number of aryl methyl sites for hydroxylation is 2. The molecule has 0 aliphatic heterocycles. The smallest absolute Gasteiger partial charge is 0.290 e. The van der Waals surface area contributed by atoms with Gasteiger partial charge in [-0.25, -0.2) is 0 Å². The molecule has 0 saturated carbocycles. The highest BCUT2D eigenvalue weighted by molar-refractivity contribution is 5.53. The summed E-state index contributed by atoms with van der Waals surface area (Å²) >= 11 is 0. The number of benzene rings is 2. The lowest BCUT2D eigenvalue weighted by molar-refractivity contribution is -0.385. The van der Waals surface area contributed by atoms with E-state index in [0.29, 0.717) is 11.5 Å². The number of rotatable bonds is 3. The number of hydrogen-bond donors (Lipinski definition) is 0. The Hall–Kier alpha value is -2.87. The summed E-state index contributed by atoms with van der Waals surface area (Å²) in [6.45, 7) is 3.89. The first-order valence-corrected chi connectivity index (χ1v) is 5.94. The first-order chi connectivity index (χ1) is 9.49. The predicted molar refractivity (Wildman–Crippen MR) is 73.8 cm³/mol. The minimum Gasteiger partial charge on any atom is -0.457 e. The summed E-state index contributed by atoms with van der Waals surface area (Å²) in [5.74, 6) is 0.946. The van der Waals surface area contributed by atoms with Crippen molar-refractivity contribution in [2.45, 2.75) is 13.8 Å². The molecule has 0 spiro atoms. The van der Waals surface area contributed by atoms with Gasteiger partial charge in [-0.2, -0.15) is 5.26 Å². The van der Waals surface area contributed by atoms with Crippen LogP contribution in [0.25, 0.3) is 0 Å². The van der Waals surface area contributed by atoms with E-state index in [9.17, 15) is 10.1 Å². The normalized spacial score (nSPS) is 9.85. The molecule has 100 valence electrons. The standard InChI is InChI=1S/C15H12N2O3/c1-10-5-11(2)7-14(6-10)20-13-4-3-12(9-16)15(8-13)17(18)19/h3-8H,1-2H3. The Morgan fingerprint density at radius 2 is 1.75 bits per heavy atom. The van der Waals surface area contributed by atoms with Crippen LogP contribution in [0.3, 0.4) is 0 Å². The molecule has 0 N–H and O–H groups in total. The van der Waals surface area contributed by atoms with Gasteiger partial charge in [0.15, 0.2) is 0 Å². The maximum atomic E-state index is 10.9. The summed E-state index contributed by atoms with van der Waals surface area (Å²) in [6.07, 6.45) is 0. The number of nitrogens with zero attached hydrogens (tertiary/aromatic N) is 2. The first kappa shape index (κ1) is 13.6. The minimum absolute atomic E-state index is 0.0165. The number of hydrogen-bond acceptors (Lipinski definition) is 4. The summed E-state index contributed by atoms with van der Waals surface area (Å²) in [5, 5.41) is 19.7. The van der Waals surface area contributed by atoms with E-state index in [2.05, 4.69) is 0 Å². The van der Waals surface area contributed by atoms with Crippen LogP contribution in [0.15, 0.2) is 36.4 Å². The van der Waals surface area contributed by atoms with Crippen molar-refractivity contribution in [3.63, 3.8) is 0 Å². The molecule has 5 heteroatoms. The van der Waals surface area contributed by atoms with Crippen LogP contribution in [-0.4, -0.2) is 4.92 Å². The lowest BCUT2D eigenvalue weighted by Gasteiger charge is -2.08. The number of ether oxygens (including phenoxy) is 1. The molecule has 0 radical (unpaired) electrons. The highest BCUT2D eigenvalue weighted by Crippen LogP contribution is 2.28. The third-order valence-corrected chi connectivity index (χ3v) is 2.72. The molecule has 2 aromatic carbocycles. The number of nitro benzene ring substituents is 1. The zero-order chi connectivity index (χ0) is 14.7. The Balaban J connectivity index is 2.37. The van der Waals surface area contributed by atoms with E-state index >= 15 is 0 Å². The van der Waals surface area contributed by atoms with Crippen molar-refractivity contribution in [3.05, 3.63) is 63.2 Å². The van der Waals surface area contributed by atoms with Crippen LogP contribution in [0.1, 0.15) is 16.7 Å². The molecular weight excluding hydrogens is 256 g/mol. The Bertz CT molecular complexity index is 697. The van der Waals surface area contributed by atoms with E-state index in [-0.39, 0.29) is 11.3 Å². The zero-order valence-electron chi connectivity index (χ0n) is 11.1. The van der Waals surface area contributed by atoms with Gasteiger partial charge in [-0.15, -0.1) is 0 Å². The van der Waals surface area contributed by atoms with Gasteiger partial charge in [0.1, 0.15) is 23.1 Å². The molecule has 0 aromatic heterocycles. The minimum atomic E-state index is -0.590. The van der Waals surface area contributed by atoms with E-state index in [1.54, 1.807) is 12.1 Å². The molecule has 20 heavy (non-hydrogen) atoms. The molecule has 0 saturated heterocycles. The fourth-order valence-electron chi connectivity index (χ4n) is 1.95. The topological polar surface area (TPSA) is 76.2 Å². The lowest BCUT2D eigenvalue weighted by Crippen LogP contribution is -1.94. The van der Waals surface area contributed by atoms with Crippen molar-refractivity contribution in [1.82, 2.24) is 0 Å². The Morgan fingerprint density at radius 1 is 1.10 bits per heavy atom. The SMILES string of the molecule is Cc1cc(C)cc(Oc2ccc(C#N)c([N+](=O)[O-])c2)c1. The molecule has 0 bridgehead atoms. The molecule has 0 aliphatic carbocycles. The van der Waals surface area contributed by atoms with Crippen LogP contribution in [0, 0.1) is 35.3 Å². The number of nitriles is 1. The molecule has 0 atom stereocenters. The molecule has 0 heterocycles. The zero-order valence-corrected chi connectivity index (χ0v) is 11.1. The van der Waals surface area contributed by atoms with Gasteiger partial charge in [-0.05, 0) is 49.2 Å². The fourth-order valence-corrected chi connectivity index (χ4v) is 1.95. The van der Waals surface area contributed by atoms with Crippen LogP contribution in [0.5, 0.6) is 11.5 Å². The Morgan fingerprint density at radius 3 is 2.30 bits per heavy atom. The van der Waals surface area contributed by atoms with E-state index in [1.165, 1.54) is 12.1 Å². The Labute approximate surface area is 116 Å². The van der Waals surface area contributed by atoms with E-state index < -0.39 is 4.92 Å². The van der Waals surface area contributed by atoms with Gasteiger partial charge in [0.2, 0.25) is 0 Å². The average molecular weight is 268 g/mol. The summed E-state index contributed by atoms with van der Waals surface area (Å²) in [6, 6.07) is 11.7. The van der Waals surface area contributed by atoms with Crippen molar-refractivity contribution >= 4 is 5.69 Å². The van der Waals surface area contributed by atoms with Gasteiger partial charge in [-0.1, -0.05) is 6.07 Å². The van der Waals surface area contributed by atoms with Crippen molar-refractivity contribution in [3.8, 4) is 17.6 Å². The molecule has 5 nitrogen and oxygen atoms in total. The molecule has 2 aromatic rings. The van der Waals surface area contributed by atoms with Crippen LogP contribution >= 0.6 is 0 Å². The van der Waals surface area contributed by atoms with Gasteiger partial charge in [0, 0.05) is 0 Å². The van der Waals surface area contributed by atoms with E-state index in [4.69, 9.17) is 10.00 Å². The summed E-state index contributed by atoms with van der Waals surface area (Å²) in [4.78, 5) is 10.3. The van der Waals surface area contributed by atoms with Gasteiger partial charge >= 0.3 is 0 Å². The largest absolute Gasteiger partial charge is 0.457 e. The fraction of sp³-hybridized carbons (Fsp3) is 0.133.